The molecule has 0 saturated carbocycles. The molecular weight excluding hydrogens is 294 g/mol. The lowest BCUT2D eigenvalue weighted by Gasteiger charge is -2.33. The van der Waals surface area contributed by atoms with Gasteiger partial charge in [0.2, 0.25) is 11.8 Å². The molecule has 122 valence electrons. The third-order valence-electron chi connectivity index (χ3n) is 5.00. The van der Waals surface area contributed by atoms with Crippen molar-refractivity contribution in [3.8, 4) is 5.75 Å². The number of carbonyl (C=O) groups is 2. The van der Waals surface area contributed by atoms with Crippen molar-refractivity contribution < 1.29 is 14.3 Å². The highest BCUT2D eigenvalue weighted by molar-refractivity contribution is 6.01. The highest BCUT2D eigenvalue weighted by Gasteiger charge is 2.40. The molecule has 1 aromatic rings. The van der Waals surface area contributed by atoms with E-state index in [1.807, 2.05) is 12.1 Å². The largest absolute Gasteiger partial charge is 0.486 e. The van der Waals surface area contributed by atoms with Crippen molar-refractivity contribution in [1.82, 2.24) is 10.6 Å². The summed E-state index contributed by atoms with van der Waals surface area (Å²) in [7, 11) is 0. The molecule has 3 aliphatic rings. The van der Waals surface area contributed by atoms with Crippen molar-refractivity contribution in [2.45, 2.75) is 43.7 Å². The van der Waals surface area contributed by atoms with Crippen molar-refractivity contribution >= 4 is 17.5 Å². The monoisotopic (exact) mass is 315 g/mol. The van der Waals surface area contributed by atoms with Gasteiger partial charge in [0.25, 0.3) is 0 Å². The van der Waals surface area contributed by atoms with E-state index in [1.165, 1.54) is 5.56 Å². The maximum absolute atomic E-state index is 11.9. The Morgan fingerprint density at radius 3 is 2.83 bits per heavy atom. The molecule has 3 aliphatic heterocycles. The third kappa shape index (κ3) is 2.79. The number of fused-ring (bicyclic) bond motifs is 1. The standard InChI is InChI=1S/C17H21N3O3/c21-15-4-3-13(16(22)20-15)19-12-2-1-11-10-17(23-14(11)9-12)5-7-18-8-6-17/h1-2,9,13,18-19H,3-8,10H2,(H,20,21,22). The molecular formula is C17H21N3O3. The number of carbonyl (C=O) groups excluding carboxylic acids is 2. The molecule has 0 aromatic heterocycles. The van der Waals surface area contributed by atoms with Crippen molar-refractivity contribution in [2.24, 2.45) is 0 Å². The first-order chi connectivity index (χ1) is 11.1. The fourth-order valence-electron chi connectivity index (χ4n) is 3.70. The van der Waals surface area contributed by atoms with Crippen LogP contribution in [0.15, 0.2) is 18.2 Å². The summed E-state index contributed by atoms with van der Waals surface area (Å²) < 4.78 is 6.27. The number of nitrogens with one attached hydrogen (secondary N) is 3. The Hall–Kier alpha value is -2.08. The Bertz CT molecular complexity index is 652. The van der Waals surface area contributed by atoms with Crippen LogP contribution >= 0.6 is 0 Å². The van der Waals surface area contributed by atoms with Crippen LogP contribution in [0.4, 0.5) is 5.69 Å². The highest BCUT2D eigenvalue weighted by Crippen LogP contribution is 2.41. The summed E-state index contributed by atoms with van der Waals surface area (Å²) in [5, 5.41) is 8.96. The summed E-state index contributed by atoms with van der Waals surface area (Å²) in [5.41, 5.74) is 2.05. The van der Waals surface area contributed by atoms with Gasteiger partial charge in [-0.3, -0.25) is 14.9 Å². The number of rotatable bonds is 2. The smallest absolute Gasteiger partial charge is 0.249 e. The summed E-state index contributed by atoms with van der Waals surface area (Å²) >= 11 is 0. The van der Waals surface area contributed by atoms with Crippen molar-refractivity contribution in [1.29, 1.82) is 0 Å². The molecule has 2 amide bonds. The summed E-state index contributed by atoms with van der Waals surface area (Å²) in [6.07, 6.45) is 3.91. The Morgan fingerprint density at radius 1 is 1.22 bits per heavy atom. The number of hydrogen-bond donors (Lipinski definition) is 3. The Labute approximate surface area is 135 Å². The molecule has 6 nitrogen and oxygen atoms in total. The van der Waals surface area contributed by atoms with Gasteiger partial charge in [-0.2, -0.15) is 0 Å². The molecule has 3 heterocycles. The second-order valence-corrected chi connectivity index (χ2v) is 6.68. The fraction of sp³-hybridized carbons (Fsp3) is 0.529. The zero-order chi connectivity index (χ0) is 15.9. The van der Waals surface area contributed by atoms with Crippen LogP contribution in [-0.2, 0) is 16.0 Å². The maximum Gasteiger partial charge on any atom is 0.249 e. The minimum absolute atomic E-state index is 0.0547. The first-order valence-electron chi connectivity index (χ1n) is 8.27. The molecule has 0 bridgehead atoms. The van der Waals surface area contributed by atoms with Gasteiger partial charge < -0.3 is 15.4 Å². The van der Waals surface area contributed by atoms with Gasteiger partial charge in [0.05, 0.1) is 0 Å². The third-order valence-corrected chi connectivity index (χ3v) is 5.00. The van der Waals surface area contributed by atoms with Gasteiger partial charge in [-0.05, 0) is 44.0 Å². The van der Waals surface area contributed by atoms with Crippen LogP contribution in [0.1, 0.15) is 31.2 Å². The summed E-state index contributed by atoms with van der Waals surface area (Å²) in [6, 6.07) is 5.70. The molecule has 1 aromatic carbocycles. The average molecular weight is 315 g/mol. The summed E-state index contributed by atoms with van der Waals surface area (Å²) in [4.78, 5) is 23.1. The number of piperidine rings is 2. The molecule has 6 heteroatoms. The van der Waals surface area contributed by atoms with Gasteiger partial charge in [-0.1, -0.05) is 6.07 Å². The Morgan fingerprint density at radius 2 is 2.04 bits per heavy atom. The number of imide groups is 1. The quantitative estimate of drug-likeness (QED) is 0.709. The second-order valence-electron chi connectivity index (χ2n) is 6.68. The van der Waals surface area contributed by atoms with Crippen LogP contribution in [0.25, 0.3) is 0 Å². The number of amides is 2. The normalized spacial score (nSPS) is 25.7. The molecule has 3 N–H and O–H groups in total. The van der Waals surface area contributed by atoms with E-state index in [4.69, 9.17) is 4.74 Å². The van der Waals surface area contributed by atoms with Crippen molar-refractivity contribution in [3.63, 3.8) is 0 Å². The van der Waals surface area contributed by atoms with E-state index < -0.39 is 0 Å². The lowest BCUT2D eigenvalue weighted by atomic mass is 9.88. The van der Waals surface area contributed by atoms with E-state index in [1.54, 1.807) is 0 Å². The predicted molar refractivity (Wildman–Crippen MR) is 85.4 cm³/mol. The topological polar surface area (TPSA) is 79.5 Å². The van der Waals surface area contributed by atoms with Crippen LogP contribution < -0.4 is 20.7 Å². The maximum atomic E-state index is 11.9. The van der Waals surface area contributed by atoms with Crippen molar-refractivity contribution in [2.75, 3.05) is 18.4 Å². The number of ether oxygens (including phenoxy) is 1. The van der Waals surface area contributed by atoms with Crippen LogP contribution in [0, 0.1) is 0 Å². The number of anilines is 1. The zero-order valence-corrected chi connectivity index (χ0v) is 13.0. The van der Waals surface area contributed by atoms with Crippen LogP contribution in [-0.4, -0.2) is 36.5 Å². The van der Waals surface area contributed by atoms with Gasteiger partial charge in [0, 0.05) is 24.6 Å². The van der Waals surface area contributed by atoms with E-state index in [9.17, 15) is 9.59 Å². The molecule has 1 spiro atoms. The minimum atomic E-state index is -0.361. The van der Waals surface area contributed by atoms with E-state index in [-0.39, 0.29) is 23.5 Å². The Balaban J connectivity index is 1.48. The lowest BCUT2D eigenvalue weighted by Crippen LogP contribution is -2.47. The van der Waals surface area contributed by atoms with Gasteiger partial charge >= 0.3 is 0 Å². The van der Waals surface area contributed by atoms with Gasteiger partial charge in [0.1, 0.15) is 17.4 Å². The molecule has 1 atom stereocenters. The second kappa shape index (κ2) is 5.53. The SMILES string of the molecule is O=C1CCC(Nc2ccc3c(c2)OC2(CCNCC2)C3)C(=O)N1. The lowest BCUT2D eigenvalue weighted by molar-refractivity contribution is -0.133. The van der Waals surface area contributed by atoms with Crippen LogP contribution in [0.3, 0.4) is 0 Å². The van der Waals surface area contributed by atoms with Crippen LogP contribution in [0.2, 0.25) is 0 Å². The molecule has 23 heavy (non-hydrogen) atoms. The first kappa shape index (κ1) is 14.5. The summed E-state index contributed by atoms with van der Waals surface area (Å²) in [6.45, 7) is 1.99. The van der Waals surface area contributed by atoms with Crippen molar-refractivity contribution in [3.05, 3.63) is 23.8 Å². The molecule has 1 unspecified atom stereocenters. The van der Waals surface area contributed by atoms with E-state index in [0.717, 1.165) is 43.8 Å². The Kier molecular flexibility index (Phi) is 3.49. The van der Waals surface area contributed by atoms with Crippen LogP contribution in [0.5, 0.6) is 5.75 Å². The molecule has 0 aliphatic carbocycles. The number of hydrogen-bond acceptors (Lipinski definition) is 5. The zero-order valence-electron chi connectivity index (χ0n) is 13.0. The van der Waals surface area contributed by atoms with E-state index in [2.05, 4.69) is 22.0 Å². The average Bonchev–Trinajstić information content (AvgIpc) is 2.87. The molecule has 4 rings (SSSR count). The van der Waals surface area contributed by atoms with Gasteiger partial charge in [-0.25, -0.2) is 0 Å². The number of benzene rings is 1. The highest BCUT2D eigenvalue weighted by atomic mass is 16.5. The molecule has 2 saturated heterocycles. The van der Waals surface area contributed by atoms with E-state index >= 15 is 0 Å². The van der Waals surface area contributed by atoms with Gasteiger partial charge in [-0.15, -0.1) is 0 Å². The molecule has 2 fully saturated rings. The first-order valence-corrected chi connectivity index (χ1v) is 8.27. The summed E-state index contributed by atoms with van der Waals surface area (Å²) in [5.74, 6) is 0.472. The van der Waals surface area contributed by atoms with E-state index in [0.29, 0.717) is 12.8 Å². The fourth-order valence-corrected chi connectivity index (χ4v) is 3.70. The molecule has 0 radical (unpaired) electrons. The predicted octanol–water partition coefficient (Wildman–Crippen LogP) is 0.961. The van der Waals surface area contributed by atoms with Gasteiger partial charge in [0.15, 0.2) is 0 Å². The minimum Gasteiger partial charge on any atom is -0.486 e.